The van der Waals surface area contributed by atoms with Crippen molar-refractivity contribution < 1.29 is 9.15 Å². The SMILES string of the molecule is COc1ccc(Cn2nnnc2CN(Cc2ccco2)Cc2cc3cc(C)cc(C)c3[nH]c2=O)cc1. The average molecular weight is 485 g/mol. The Hall–Kier alpha value is -4.24. The lowest BCUT2D eigenvalue weighted by Crippen LogP contribution is -2.28. The first-order valence-corrected chi connectivity index (χ1v) is 11.7. The summed E-state index contributed by atoms with van der Waals surface area (Å²) in [5.41, 5.74) is 4.71. The summed E-state index contributed by atoms with van der Waals surface area (Å²) in [7, 11) is 1.64. The monoisotopic (exact) mass is 484 g/mol. The van der Waals surface area contributed by atoms with Crippen LogP contribution in [-0.4, -0.2) is 37.2 Å². The summed E-state index contributed by atoms with van der Waals surface area (Å²) in [6, 6.07) is 17.7. The third kappa shape index (κ3) is 5.21. The van der Waals surface area contributed by atoms with Gasteiger partial charge in [0.2, 0.25) is 0 Å². The van der Waals surface area contributed by atoms with Gasteiger partial charge in [0, 0.05) is 12.1 Å². The molecule has 9 heteroatoms. The summed E-state index contributed by atoms with van der Waals surface area (Å²) in [6.45, 7) is 5.95. The van der Waals surface area contributed by atoms with Crippen molar-refractivity contribution in [1.82, 2.24) is 30.1 Å². The lowest BCUT2D eigenvalue weighted by atomic mass is 10.1. The predicted octanol–water partition coefficient (Wildman–Crippen LogP) is 3.98. The molecular formula is C27H28N6O3. The Morgan fingerprint density at radius 3 is 2.64 bits per heavy atom. The minimum Gasteiger partial charge on any atom is -0.497 e. The fourth-order valence-electron chi connectivity index (χ4n) is 4.44. The smallest absolute Gasteiger partial charge is 0.252 e. The second-order valence-corrected chi connectivity index (χ2v) is 9.00. The molecule has 0 saturated heterocycles. The van der Waals surface area contributed by atoms with Crippen molar-refractivity contribution in [2.24, 2.45) is 0 Å². The van der Waals surface area contributed by atoms with Gasteiger partial charge in [0.25, 0.3) is 5.56 Å². The van der Waals surface area contributed by atoms with Gasteiger partial charge in [-0.25, -0.2) is 4.68 Å². The molecule has 184 valence electrons. The van der Waals surface area contributed by atoms with Crippen molar-refractivity contribution in [3.63, 3.8) is 0 Å². The number of methoxy groups -OCH3 is 1. The molecule has 0 aliphatic carbocycles. The number of rotatable bonds is 9. The van der Waals surface area contributed by atoms with Gasteiger partial charge in [-0.1, -0.05) is 23.8 Å². The molecule has 0 fully saturated rings. The van der Waals surface area contributed by atoms with Crippen molar-refractivity contribution in [2.75, 3.05) is 7.11 Å². The quantitative estimate of drug-likeness (QED) is 0.338. The van der Waals surface area contributed by atoms with Crippen LogP contribution in [-0.2, 0) is 26.2 Å². The van der Waals surface area contributed by atoms with Gasteiger partial charge in [-0.05, 0) is 77.2 Å². The molecule has 3 aromatic heterocycles. The standard InChI is InChI=1S/C27H28N6O3/c1-18-11-19(2)26-21(12-18)13-22(27(34)28-26)15-32(16-24-5-4-10-36-24)17-25-29-30-31-33(25)14-20-6-8-23(35-3)9-7-20/h4-13H,14-17H2,1-3H3,(H,28,34). The number of aromatic amines is 1. The highest BCUT2D eigenvalue weighted by atomic mass is 16.5. The number of hydrogen-bond donors (Lipinski definition) is 1. The predicted molar refractivity (Wildman–Crippen MR) is 136 cm³/mol. The highest BCUT2D eigenvalue weighted by Gasteiger charge is 2.17. The molecule has 2 aromatic carbocycles. The maximum absolute atomic E-state index is 13.0. The van der Waals surface area contributed by atoms with Crippen LogP contribution < -0.4 is 10.3 Å². The van der Waals surface area contributed by atoms with E-state index in [0.717, 1.165) is 39.1 Å². The van der Waals surface area contributed by atoms with Crippen molar-refractivity contribution >= 4 is 10.9 Å². The normalized spacial score (nSPS) is 11.4. The topological polar surface area (TPSA) is 102 Å². The van der Waals surface area contributed by atoms with E-state index in [0.29, 0.717) is 37.6 Å². The van der Waals surface area contributed by atoms with Crippen molar-refractivity contribution in [1.29, 1.82) is 0 Å². The number of nitrogens with zero attached hydrogens (tertiary/aromatic N) is 5. The summed E-state index contributed by atoms with van der Waals surface area (Å²) in [4.78, 5) is 18.2. The average Bonchev–Trinajstić information content (AvgIpc) is 3.53. The van der Waals surface area contributed by atoms with Crippen LogP contribution in [0.15, 0.2) is 70.1 Å². The molecule has 0 atom stereocenters. The number of fused-ring (bicyclic) bond motifs is 1. The van der Waals surface area contributed by atoms with E-state index in [1.165, 1.54) is 0 Å². The molecule has 9 nitrogen and oxygen atoms in total. The van der Waals surface area contributed by atoms with E-state index in [4.69, 9.17) is 9.15 Å². The molecule has 0 aliphatic heterocycles. The number of aromatic nitrogens is 5. The second kappa shape index (κ2) is 10.2. The van der Waals surface area contributed by atoms with Gasteiger partial charge in [0.1, 0.15) is 11.5 Å². The molecule has 0 radical (unpaired) electrons. The van der Waals surface area contributed by atoms with Gasteiger partial charge >= 0.3 is 0 Å². The highest BCUT2D eigenvalue weighted by Crippen LogP contribution is 2.20. The largest absolute Gasteiger partial charge is 0.497 e. The maximum Gasteiger partial charge on any atom is 0.252 e. The highest BCUT2D eigenvalue weighted by molar-refractivity contribution is 5.82. The van der Waals surface area contributed by atoms with E-state index < -0.39 is 0 Å². The van der Waals surface area contributed by atoms with Crippen molar-refractivity contribution in [3.05, 3.63) is 105 Å². The Labute approximate surface area is 208 Å². The second-order valence-electron chi connectivity index (χ2n) is 9.00. The van der Waals surface area contributed by atoms with E-state index >= 15 is 0 Å². The first-order chi connectivity index (χ1) is 17.5. The van der Waals surface area contributed by atoms with Crippen LogP contribution in [0.25, 0.3) is 10.9 Å². The number of H-pyrrole nitrogens is 1. The van der Waals surface area contributed by atoms with E-state index in [9.17, 15) is 4.79 Å². The number of aryl methyl sites for hydroxylation is 2. The number of hydrogen-bond acceptors (Lipinski definition) is 7. The zero-order chi connectivity index (χ0) is 25.1. The Kier molecular flexibility index (Phi) is 6.64. The van der Waals surface area contributed by atoms with E-state index in [1.54, 1.807) is 18.1 Å². The fourth-order valence-corrected chi connectivity index (χ4v) is 4.44. The van der Waals surface area contributed by atoms with E-state index in [2.05, 4.69) is 44.5 Å². The zero-order valence-corrected chi connectivity index (χ0v) is 20.6. The Morgan fingerprint density at radius 2 is 1.89 bits per heavy atom. The third-order valence-corrected chi connectivity index (χ3v) is 6.19. The lowest BCUT2D eigenvalue weighted by molar-refractivity contribution is 0.217. The number of tetrazole rings is 1. The molecule has 0 aliphatic rings. The van der Waals surface area contributed by atoms with Crippen LogP contribution in [0.3, 0.4) is 0 Å². The van der Waals surface area contributed by atoms with Crippen LogP contribution in [0.2, 0.25) is 0 Å². The van der Waals surface area contributed by atoms with Gasteiger partial charge in [0.15, 0.2) is 5.82 Å². The van der Waals surface area contributed by atoms with Crippen LogP contribution in [0.5, 0.6) is 5.75 Å². The van der Waals surface area contributed by atoms with Crippen molar-refractivity contribution in [2.45, 2.75) is 40.0 Å². The van der Waals surface area contributed by atoms with E-state index in [-0.39, 0.29) is 5.56 Å². The van der Waals surface area contributed by atoms with Gasteiger partial charge in [-0.2, -0.15) is 0 Å². The molecule has 5 rings (SSSR count). The van der Waals surface area contributed by atoms with Crippen molar-refractivity contribution in [3.8, 4) is 5.75 Å². The van der Waals surface area contributed by atoms with E-state index in [1.807, 2.05) is 49.4 Å². The summed E-state index contributed by atoms with van der Waals surface area (Å²) in [5.74, 6) is 2.29. The fraction of sp³-hybridized carbons (Fsp3) is 0.259. The van der Waals surface area contributed by atoms with Gasteiger partial charge in [-0.3, -0.25) is 9.69 Å². The summed E-state index contributed by atoms with van der Waals surface area (Å²) in [6.07, 6.45) is 1.65. The molecule has 5 aromatic rings. The third-order valence-electron chi connectivity index (χ3n) is 6.19. The summed E-state index contributed by atoms with van der Waals surface area (Å²) < 4.78 is 12.6. The Bertz CT molecular complexity index is 1520. The Balaban J connectivity index is 1.42. The van der Waals surface area contributed by atoms with Crippen LogP contribution >= 0.6 is 0 Å². The minimum absolute atomic E-state index is 0.100. The molecule has 0 unspecified atom stereocenters. The molecule has 0 spiro atoms. The number of pyridine rings is 1. The Morgan fingerprint density at radius 1 is 1.06 bits per heavy atom. The zero-order valence-electron chi connectivity index (χ0n) is 20.6. The maximum atomic E-state index is 13.0. The molecule has 0 saturated carbocycles. The first kappa shape index (κ1) is 23.5. The molecular weight excluding hydrogens is 456 g/mol. The molecule has 1 N–H and O–H groups in total. The molecule has 3 heterocycles. The number of benzene rings is 2. The number of furan rings is 1. The minimum atomic E-state index is -0.100. The van der Waals surface area contributed by atoms with Crippen LogP contribution in [0.1, 0.15) is 33.8 Å². The molecule has 0 amide bonds. The van der Waals surface area contributed by atoms with Crippen LogP contribution in [0, 0.1) is 13.8 Å². The van der Waals surface area contributed by atoms with Gasteiger partial charge in [0.05, 0.1) is 38.5 Å². The van der Waals surface area contributed by atoms with Crippen LogP contribution in [0.4, 0.5) is 0 Å². The molecule has 0 bridgehead atoms. The number of ether oxygens (including phenoxy) is 1. The summed E-state index contributed by atoms with van der Waals surface area (Å²) in [5, 5.41) is 13.4. The number of nitrogens with one attached hydrogen (secondary N) is 1. The van der Waals surface area contributed by atoms with Gasteiger partial charge < -0.3 is 14.1 Å². The lowest BCUT2D eigenvalue weighted by Gasteiger charge is -2.21. The molecule has 36 heavy (non-hydrogen) atoms. The van der Waals surface area contributed by atoms with Gasteiger partial charge in [-0.15, -0.1) is 5.10 Å². The summed E-state index contributed by atoms with van der Waals surface area (Å²) >= 11 is 0. The first-order valence-electron chi connectivity index (χ1n) is 11.7.